The zero-order valence-electron chi connectivity index (χ0n) is 11.1. The molecule has 5 nitrogen and oxygen atoms in total. The molecule has 0 aliphatic heterocycles. The van der Waals surface area contributed by atoms with Crippen molar-refractivity contribution in [3.05, 3.63) is 53.9 Å². The summed E-state index contributed by atoms with van der Waals surface area (Å²) in [5.74, 6) is 1.08. The maximum Gasteiger partial charge on any atom is 0.243 e. The third-order valence-electron chi connectivity index (χ3n) is 3.01. The molecule has 0 spiro atoms. The first-order valence-corrected chi connectivity index (χ1v) is 6.33. The Hall–Kier alpha value is -2.53. The monoisotopic (exact) mass is 266 g/mol. The Kier molecular flexibility index (Phi) is 3.26. The molecule has 3 aromatic rings. The summed E-state index contributed by atoms with van der Waals surface area (Å²) in [5.41, 5.74) is 8.23. The van der Waals surface area contributed by atoms with Crippen LogP contribution in [0.15, 0.2) is 42.6 Å². The fraction of sp³-hybridized carbons (Fsp3) is 0.133. The smallest absolute Gasteiger partial charge is 0.243 e. The van der Waals surface area contributed by atoms with Crippen molar-refractivity contribution in [1.82, 2.24) is 15.2 Å². The largest absolute Gasteiger partial charge is 0.435 e. The van der Waals surface area contributed by atoms with Crippen molar-refractivity contribution in [2.75, 3.05) is 0 Å². The molecule has 0 amide bonds. The molecule has 1 aromatic carbocycles. The molecule has 0 atom stereocenters. The molecule has 2 N–H and O–H groups in total. The predicted molar refractivity (Wildman–Crippen MR) is 76.5 cm³/mol. The topological polar surface area (TPSA) is 73.9 Å². The van der Waals surface area contributed by atoms with E-state index in [0.29, 0.717) is 18.2 Å². The Morgan fingerprint density at radius 2 is 2.05 bits per heavy atom. The molecule has 100 valence electrons. The van der Waals surface area contributed by atoms with Gasteiger partial charge in [-0.2, -0.15) is 5.10 Å². The molecule has 5 heteroatoms. The van der Waals surface area contributed by atoms with Crippen LogP contribution in [0.4, 0.5) is 0 Å². The second-order valence-corrected chi connectivity index (χ2v) is 4.45. The summed E-state index contributed by atoms with van der Waals surface area (Å²) in [6, 6.07) is 11.6. The van der Waals surface area contributed by atoms with Crippen molar-refractivity contribution in [3.8, 4) is 11.6 Å². The van der Waals surface area contributed by atoms with Crippen molar-refractivity contribution in [1.29, 1.82) is 0 Å². The lowest BCUT2D eigenvalue weighted by Gasteiger charge is -2.09. The van der Waals surface area contributed by atoms with E-state index in [2.05, 4.69) is 15.2 Å². The highest BCUT2D eigenvalue weighted by atomic mass is 16.5. The van der Waals surface area contributed by atoms with Crippen LogP contribution < -0.4 is 10.5 Å². The maximum absolute atomic E-state index is 5.85. The van der Waals surface area contributed by atoms with E-state index in [4.69, 9.17) is 10.5 Å². The summed E-state index contributed by atoms with van der Waals surface area (Å²) in [5, 5.41) is 8.85. The van der Waals surface area contributed by atoms with E-state index in [0.717, 1.165) is 22.2 Å². The molecule has 0 unspecified atom stereocenters. The number of nitrogens with zero attached hydrogens (tertiary/aromatic N) is 3. The van der Waals surface area contributed by atoms with Gasteiger partial charge in [0.2, 0.25) is 5.88 Å². The molecule has 0 radical (unpaired) electrons. The quantitative estimate of drug-likeness (QED) is 0.788. The van der Waals surface area contributed by atoms with E-state index in [1.54, 1.807) is 12.3 Å². The molecule has 0 saturated heterocycles. The number of fused-ring (bicyclic) bond motifs is 1. The molecular formula is C15H14N4O. The average molecular weight is 266 g/mol. The number of ether oxygens (including phenoxy) is 1. The van der Waals surface area contributed by atoms with Crippen LogP contribution in [0.2, 0.25) is 0 Å². The van der Waals surface area contributed by atoms with Crippen molar-refractivity contribution in [3.63, 3.8) is 0 Å². The van der Waals surface area contributed by atoms with Gasteiger partial charge in [-0.05, 0) is 25.1 Å². The Balaban J connectivity index is 2.08. The fourth-order valence-corrected chi connectivity index (χ4v) is 1.99. The first kappa shape index (κ1) is 12.5. The van der Waals surface area contributed by atoms with Crippen molar-refractivity contribution in [2.45, 2.75) is 13.5 Å². The highest BCUT2D eigenvalue weighted by molar-refractivity contribution is 5.84. The van der Waals surface area contributed by atoms with Gasteiger partial charge in [0.1, 0.15) is 5.52 Å². The molecule has 0 aliphatic rings. The van der Waals surface area contributed by atoms with E-state index < -0.39 is 0 Å². The predicted octanol–water partition coefficient (Wildman–Crippen LogP) is 2.58. The minimum absolute atomic E-state index is 0.349. The van der Waals surface area contributed by atoms with Crippen LogP contribution >= 0.6 is 0 Å². The first-order chi connectivity index (χ1) is 9.78. The van der Waals surface area contributed by atoms with Gasteiger partial charge in [-0.3, -0.25) is 0 Å². The standard InChI is InChI=1S/C15H14N4O/c1-10-5-6-11-3-2-4-13(14(11)18-10)20-15-12(9-16)7-8-17-19-15/h2-8H,9,16H2,1H3. The van der Waals surface area contributed by atoms with Gasteiger partial charge >= 0.3 is 0 Å². The number of hydrogen-bond acceptors (Lipinski definition) is 5. The molecule has 3 rings (SSSR count). The summed E-state index contributed by atoms with van der Waals surface area (Å²) < 4.78 is 5.85. The third kappa shape index (κ3) is 2.31. The molecule has 0 bridgehead atoms. The van der Waals surface area contributed by atoms with Crippen LogP contribution in [-0.4, -0.2) is 15.2 Å². The van der Waals surface area contributed by atoms with Crippen molar-refractivity contribution in [2.24, 2.45) is 5.73 Å². The lowest BCUT2D eigenvalue weighted by molar-refractivity contribution is 0.452. The van der Waals surface area contributed by atoms with E-state index in [9.17, 15) is 0 Å². The highest BCUT2D eigenvalue weighted by Gasteiger charge is 2.09. The molecule has 2 aromatic heterocycles. The second-order valence-electron chi connectivity index (χ2n) is 4.45. The summed E-state index contributed by atoms with van der Waals surface area (Å²) in [6.45, 7) is 2.30. The van der Waals surface area contributed by atoms with Gasteiger partial charge in [0.25, 0.3) is 0 Å². The Morgan fingerprint density at radius 3 is 2.90 bits per heavy atom. The zero-order chi connectivity index (χ0) is 13.9. The molecular weight excluding hydrogens is 252 g/mol. The maximum atomic E-state index is 5.85. The van der Waals surface area contributed by atoms with Crippen LogP contribution in [0.5, 0.6) is 11.6 Å². The van der Waals surface area contributed by atoms with E-state index in [1.165, 1.54) is 0 Å². The molecule has 20 heavy (non-hydrogen) atoms. The Labute approximate surface area is 116 Å². The molecule has 0 fully saturated rings. The van der Waals surface area contributed by atoms with E-state index in [1.807, 2.05) is 37.3 Å². The van der Waals surface area contributed by atoms with Gasteiger partial charge < -0.3 is 10.5 Å². The van der Waals surface area contributed by atoms with Gasteiger partial charge in [-0.15, -0.1) is 5.10 Å². The fourth-order valence-electron chi connectivity index (χ4n) is 1.99. The molecule has 0 aliphatic carbocycles. The van der Waals surface area contributed by atoms with Gasteiger partial charge in [0.15, 0.2) is 5.75 Å². The Bertz CT molecular complexity index is 758. The minimum atomic E-state index is 0.349. The molecule has 2 heterocycles. The first-order valence-electron chi connectivity index (χ1n) is 6.33. The summed E-state index contributed by atoms with van der Waals surface area (Å²) >= 11 is 0. The van der Waals surface area contributed by atoms with Crippen LogP contribution in [0.3, 0.4) is 0 Å². The van der Waals surface area contributed by atoms with Crippen LogP contribution in [0.25, 0.3) is 10.9 Å². The van der Waals surface area contributed by atoms with Crippen molar-refractivity contribution >= 4 is 10.9 Å². The van der Waals surface area contributed by atoms with Gasteiger partial charge in [-0.25, -0.2) is 4.98 Å². The van der Waals surface area contributed by atoms with Gasteiger partial charge in [0.05, 0.1) is 6.20 Å². The number of rotatable bonds is 3. The highest BCUT2D eigenvalue weighted by Crippen LogP contribution is 2.28. The average Bonchev–Trinajstić information content (AvgIpc) is 2.48. The van der Waals surface area contributed by atoms with E-state index in [-0.39, 0.29) is 0 Å². The number of hydrogen-bond donors (Lipinski definition) is 1. The van der Waals surface area contributed by atoms with Crippen LogP contribution in [-0.2, 0) is 6.54 Å². The lowest BCUT2D eigenvalue weighted by Crippen LogP contribution is -2.02. The number of pyridine rings is 1. The number of para-hydroxylation sites is 1. The normalized spacial score (nSPS) is 10.7. The van der Waals surface area contributed by atoms with Crippen LogP contribution in [0.1, 0.15) is 11.3 Å². The summed E-state index contributed by atoms with van der Waals surface area (Å²) in [7, 11) is 0. The number of aromatic nitrogens is 3. The second kappa shape index (κ2) is 5.22. The lowest BCUT2D eigenvalue weighted by atomic mass is 10.2. The number of nitrogens with two attached hydrogens (primary N) is 1. The molecule has 0 saturated carbocycles. The zero-order valence-corrected chi connectivity index (χ0v) is 11.1. The van der Waals surface area contributed by atoms with Crippen molar-refractivity contribution < 1.29 is 4.74 Å². The van der Waals surface area contributed by atoms with Gasteiger partial charge in [-0.1, -0.05) is 18.2 Å². The Morgan fingerprint density at radius 1 is 1.15 bits per heavy atom. The number of aryl methyl sites for hydroxylation is 1. The van der Waals surface area contributed by atoms with Crippen LogP contribution in [0, 0.1) is 6.92 Å². The summed E-state index contributed by atoms with van der Waals surface area (Å²) in [6.07, 6.45) is 1.60. The van der Waals surface area contributed by atoms with Gasteiger partial charge in [0, 0.05) is 23.2 Å². The van der Waals surface area contributed by atoms with E-state index >= 15 is 0 Å². The number of benzene rings is 1. The summed E-state index contributed by atoms with van der Waals surface area (Å²) in [4.78, 5) is 4.52. The third-order valence-corrected chi connectivity index (χ3v) is 3.01. The SMILES string of the molecule is Cc1ccc2cccc(Oc3nnccc3CN)c2n1. The minimum Gasteiger partial charge on any atom is -0.435 e.